The summed E-state index contributed by atoms with van der Waals surface area (Å²) in [5, 5.41) is 4.33. The minimum atomic E-state index is 0.0178. The van der Waals surface area contributed by atoms with E-state index in [0.29, 0.717) is 5.02 Å². The molecule has 0 bridgehead atoms. The van der Waals surface area contributed by atoms with Crippen molar-refractivity contribution in [3.05, 3.63) is 81.3 Å². The molecule has 2 aromatic carbocycles. The van der Waals surface area contributed by atoms with Gasteiger partial charge in [0, 0.05) is 26.3 Å². The predicted octanol–water partition coefficient (Wildman–Crippen LogP) is 6.08. The molecule has 3 rings (SSSR count). The summed E-state index contributed by atoms with van der Waals surface area (Å²) in [4.78, 5) is 0. The van der Waals surface area contributed by atoms with E-state index in [-0.39, 0.29) is 5.54 Å². The second-order valence-electron chi connectivity index (χ2n) is 6.55. The summed E-state index contributed by atoms with van der Waals surface area (Å²) >= 11 is 9.80. The maximum Gasteiger partial charge on any atom is 0.0495 e. The van der Waals surface area contributed by atoms with Gasteiger partial charge in [0.2, 0.25) is 0 Å². The van der Waals surface area contributed by atoms with Gasteiger partial charge in [0.05, 0.1) is 0 Å². The Hall–Kier alpha value is -1.51. The molecule has 0 aliphatic carbocycles. The summed E-state index contributed by atoms with van der Waals surface area (Å²) in [6.07, 6.45) is 3.10. The lowest BCUT2D eigenvalue weighted by Crippen LogP contribution is -2.43. The van der Waals surface area contributed by atoms with Gasteiger partial charge in [-0.2, -0.15) is 0 Å². The number of fused-ring (bicyclic) bond motifs is 1. The average molecular weight is 389 g/mol. The molecule has 118 valence electrons. The number of allylic oxidation sites excluding steroid dienone is 2. The van der Waals surface area contributed by atoms with Gasteiger partial charge in [0.25, 0.3) is 0 Å². The Morgan fingerprint density at radius 2 is 2.00 bits per heavy atom. The van der Waals surface area contributed by atoms with Crippen molar-refractivity contribution in [1.82, 2.24) is 5.32 Å². The average Bonchev–Trinajstić information content (AvgIpc) is 2.45. The fourth-order valence-electron chi connectivity index (χ4n) is 3.01. The zero-order valence-corrected chi connectivity index (χ0v) is 15.6. The molecule has 0 unspecified atom stereocenters. The van der Waals surface area contributed by atoms with Gasteiger partial charge in [0.15, 0.2) is 0 Å². The fourth-order valence-corrected chi connectivity index (χ4v) is 3.80. The molecule has 2 aromatic rings. The van der Waals surface area contributed by atoms with Crippen molar-refractivity contribution in [3.8, 4) is 0 Å². The Morgan fingerprint density at radius 1 is 1.26 bits per heavy atom. The van der Waals surface area contributed by atoms with Gasteiger partial charge in [-0.05, 0) is 55.2 Å². The Morgan fingerprint density at radius 3 is 2.74 bits per heavy atom. The molecule has 1 N–H and O–H groups in total. The number of halogens is 2. The molecule has 0 radical (unpaired) electrons. The highest BCUT2D eigenvalue weighted by molar-refractivity contribution is 9.10. The van der Waals surface area contributed by atoms with Crippen molar-refractivity contribution < 1.29 is 0 Å². The van der Waals surface area contributed by atoms with Crippen molar-refractivity contribution in [2.75, 3.05) is 0 Å². The Kier molecular flexibility index (Phi) is 4.39. The van der Waals surface area contributed by atoms with Gasteiger partial charge >= 0.3 is 0 Å². The van der Waals surface area contributed by atoms with Crippen molar-refractivity contribution >= 4 is 38.8 Å². The van der Waals surface area contributed by atoms with E-state index in [1.165, 1.54) is 11.1 Å². The zero-order chi connectivity index (χ0) is 16.6. The summed E-state index contributed by atoms with van der Waals surface area (Å²) in [5.41, 5.74) is 5.56. The van der Waals surface area contributed by atoms with E-state index in [0.717, 1.165) is 27.7 Å². The predicted molar refractivity (Wildman–Crippen MR) is 104 cm³/mol. The third kappa shape index (κ3) is 3.54. The minimum Gasteiger partial charge on any atom is -0.379 e. The van der Waals surface area contributed by atoms with Crippen LogP contribution >= 0.6 is 27.5 Å². The minimum absolute atomic E-state index is 0.0178. The molecular formula is C20H19BrClN. The topological polar surface area (TPSA) is 12.0 Å². The van der Waals surface area contributed by atoms with E-state index in [4.69, 9.17) is 11.6 Å². The first-order valence-electron chi connectivity index (χ1n) is 7.58. The number of hydrogen-bond acceptors (Lipinski definition) is 1. The van der Waals surface area contributed by atoms with Crippen LogP contribution < -0.4 is 5.32 Å². The molecule has 1 aliphatic rings. The normalized spacial score (nSPS) is 17.5. The van der Waals surface area contributed by atoms with Gasteiger partial charge in [0.1, 0.15) is 0 Å². The molecule has 0 saturated heterocycles. The van der Waals surface area contributed by atoms with Crippen LogP contribution in [0.3, 0.4) is 0 Å². The van der Waals surface area contributed by atoms with Crippen molar-refractivity contribution in [3.63, 3.8) is 0 Å². The second kappa shape index (κ2) is 6.18. The lowest BCUT2D eigenvalue weighted by atomic mass is 9.85. The fraction of sp³-hybridized carbons (Fsp3) is 0.200. The lowest BCUT2D eigenvalue weighted by Gasteiger charge is -2.35. The largest absolute Gasteiger partial charge is 0.379 e. The summed E-state index contributed by atoms with van der Waals surface area (Å²) in [7, 11) is 0. The SMILES string of the molecule is C=C(/C=C1\NC(C)(C)Cc2ccccc21)c1ccc(Br)cc1Cl. The summed E-state index contributed by atoms with van der Waals surface area (Å²) in [6, 6.07) is 14.4. The number of benzene rings is 2. The number of rotatable bonds is 2. The van der Waals surface area contributed by atoms with Crippen LogP contribution in [0.5, 0.6) is 0 Å². The summed E-state index contributed by atoms with van der Waals surface area (Å²) in [5.74, 6) is 0. The van der Waals surface area contributed by atoms with E-state index < -0.39 is 0 Å². The van der Waals surface area contributed by atoms with E-state index in [9.17, 15) is 0 Å². The van der Waals surface area contributed by atoms with Crippen molar-refractivity contribution in [2.45, 2.75) is 25.8 Å². The third-order valence-electron chi connectivity index (χ3n) is 4.01. The second-order valence-corrected chi connectivity index (χ2v) is 7.87. The molecule has 0 spiro atoms. The Balaban J connectivity index is 2.03. The van der Waals surface area contributed by atoms with Crippen LogP contribution in [0.2, 0.25) is 5.02 Å². The van der Waals surface area contributed by atoms with E-state index in [2.05, 4.69) is 72.0 Å². The quantitative estimate of drug-likeness (QED) is 0.657. The van der Waals surface area contributed by atoms with E-state index in [1.54, 1.807) is 0 Å². The van der Waals surface area contributed by atoms with Gasteiger partial charge < -0.3 is 5.32 Å². The van der Waals surface area contributed by atoms with Gasteiger partial charge in [-0.15, -0.1) is 0 Å². The molecule has 23 heavy (non-hydrogen) atoms. The Bertz CT molecular complexity index is 805. The molecule has 1 nitrogen and oxygen atoms in total. The van der Waals surface area contributed by atoms with E-state index in [1.807, 2.05) is 18.2 Å². The Labute approximate surface area is 151 Å². The van der Waals surface area contributed by atoms with Crippen LogP contribution in [-0.4, -0.2) is 5.54 Å². The van der Waals surface area contributed by atoms with Gasteiger partial charge in [-0.25, -0.2) is 0 Å². The smallest absolute Gasteiger partial charge is 0.0495 e. The first-order chi connectivity index (χ1) is 10.9. The highest BCUT2D eigenvalue weighted by atomic mass is 79.9. The van der Waals surface area contributed by atoms with Crippen LogP contribution in [0, 0.1) is 0 Å². The number of hydrogen-bond donors (Lipinski definition) is 1. The van der Waals surface area contributed by atoms with Crippen molar-refractivity contribution in [2.24, 2.45) is 0 Å². The van der Waals surface area contributed by atoms with Crippen LogP contribution in [-0.2, 0) is 6.42 Å². The standard InChI is InChI=1S/C20H19BrClN/c1-13(16-9-8-15(21)11-18(16)22)10-19-17-7-5-4-6-14(17)12-20(2,3)23-19/h4-11,23H,1,12H2,2-3H3/b19-10-. The van der Waals surface area contributed by atoms with Crippen LogP contribution in [0.15, 0.2) is 59.6 Å². The lowest BCUT2D eigenvalue weighted by molar-refractivity contribution is 0.437. The molecule has 0 fully saturated rings. The first kappa shape index (κ1) is 16.4. The number of nitrogens with one attached hydrogen (secondary N) is 1. The highest BCUT2D eigenvalue weighted by Gasteiger charge is 2.27. The molecule has 0 saturated carbocycles. The molecule has 1 heterocycles. The van der Waals surface area contributed by atoms with Gasteiger partial charge in [-0.1, -0.05) is 64.4 Å². The molecule has 0 atom stereocenters. The monoisotopic (exact) mass is 387 g/mol. The van der Waals surface area contributed by atoms with Crippen LogP contribution in [0.25, 0.3) is 11.3 Å². The maximum atomic E-state index is 6.36. The van der Waals surface area contributed by atoms with E-state index >= 15 is 0 Å². The van der Waals surface area contributed by atoms with Crippen LogP contribution in [0.4, 0.5) is 0 Å². The van der Waals surface area contributed by atoms with Crippen molar-refractivity contribution in [1.29, 1.82) is 0 Å². The molecule has 0 aromatic heterocycles. The summed E-state index contributed by atoms with van der Waals surface area (Å²) < 4.78 is 0.967. The molecular weight excluding hydrogens is 370 g/mol. The molecule has 1 aliphatic heterocycles. The zero-order valence-electron chi connectivity index (χ0n) is 13.3. The highest BCUT2D eigenvalue weighted by Crippen LogP contribution is 2.33. The maximum absolute atomic E-state index is 6.36. The van der Waals surface area contributed by atoms with Crippen LogP contribution in [0.1, 0.15) is 30.5 Å². The molecule has 3 heteroatoms. The summed E-state index contributed by atoms with van der Waals surface area (Å²) in [6.45, 7) is 8.64. The molecule has 0 amide bonds. The van der Waals surface area contributed by atoms with Gasteiger partial charge in [-0.3, -0.25) is 0 Å². The third-order valence-corrected chi connectivity index (χ3v) is 4.81. The first-order valence-corrected chi connectivity index (χ1v) is 8.75.